The van der Waals surface area contributed by atoms with Crippen LogP contribution in [0.1, 0.15) is 10.4 Å². The summed E-state index contributed by atoms with van der Waals surface area (Å²) in [7, 11) is 3.07. The third-order valence-electron chi connectivity index (χ3n) is 4.84. The molecule has 1 fully saturated rings. The standard InChI is InChI=1S/C20H21ClN4O3S/c1-27-15-4-3-5-16(28-2)18(15)19(26)23-13-9-22-10-14(13)25-20-24-12-7-6-11(21)8-17(12)29-20/h3-8,13-14,22H,9-10H2,1-2H3,(H,23,26)(H,24,25)/t13-,14+/m1/s1. The molecule has 0 bridgehead atoms. The highest BCUT2D eigenvalue weighted by Gasteiger charge is 2.31. The molecule has 0 unspecified atom stereocenters. The van der Waals surface area contributed by atoms with Crippen LogP contribution in [0.3, 0.4) is 0 Å². The van der Waals surface area contributed by atoms with E-state index in [0.717, 1.165) is 15.3 Å². The van der Waals surface area contributed by atoms with Crippen molar-refractivity contribution in [3.05, 3.63) is 47.0 Å². The van der Waals surface area contributed by atoms with Gasteiger partial charge in [0.25, 0.3) is 5.91 Å². The zero-order chi connectivity index (χ0) is 20.4. The number of carbonyl (C=O) groups excluding carboxylic acids is 1. The second kappa shape index (κ2) is 8.44. The number of nitrogens with one attached hydrogen (secondary N) is 3. The minimum Gasteiger partial charge on any atom is -0.496 e. The second-order valence-electron chi connectivity index (χ2n) is 6.66. The van der Waals surface area contributed by atoms with Gasteiger partial charge in [0.1, 0.15) is 17.1 Å². The maximum Gasteiger partial charge on any atom is 0.259 e. The topological polar surface area (TPSA) is 84.5 Å². The van der Waals surface area contributed by atoms with E-state index in [1.54, 1.807) is 29.5 Å². The van der Waals surface area contributed by atoms with Crippen molar-refractivity contribution in [3.8, 4) is 11.5 Å². The summed E-state index contributed by atoms with van der Waals surface area (Å²) in [4.78, 5) is 17.6. The van der Waals surface area contributed by atoms with E-state index in [2.05, 4.69) is 20.9 Å². The molecule has 152 valence electrons. The molecule has 0 spiro atoms. The number of methoxy groups -OCH3 is 2. The van der Waals surface area contributed by atoms with Gasteiger partial charge in [-0.25, -0.2) is 4.98 Å². The van der Waals surface area contributed by atoms with Crippen molar-refractivity contribution >= 4 is 44.2 Å². The van der Waals surface area contributed by atoms with Crippen molar-refractivity contribution < 1.29 is 14.3 Å². The average Bonchev–Trinajstić information content (AvgIpc) is 3.33. The van der Waals surface area contributed by atoms with E-state index in [9.17, 15) is 4.79 Å². The Morgan fingerprint density at radius 2 is 1.90 bits per heavy atom. The van der Waals surface area contributed by atoms with E-state index in [0.29, 0.717) is 35.2 Å². The molecule has 1 amide bonds. The van der Waals surface area contributed by atoms with Gasteiger partial charge in [-0.3, -0.25) is 4.79 Å². The number of anilines is 1. The zero-order valence-corrected chi connectivity index (χ0v) is 17.6. The molecule has 29 heavy (non-hydrogen) atoms. The second-order valence-corrected chi connectivity index (χ2v) is 8.12. The number of thiazole rings is 1. The Balaban J connectivity index is 1.51. The maximum atomic E-state index is 13.0. The number of aromatic nitrogens is 1. The van der Waals surface area contributed by atoms with Gasteiger partial charge < -0.3 is 25.4 Å². The SMILES string of the molecule is COc1cccc(OC)c1C(=O)N[C@@H]1CNC[C@@H]1Nc1nc2ccc(Cl)cc2s1. The Kier molecular flexibility index (Phi) is 5.75. The molecule has 0 saturated carbocycles. The van der Waals surface area contributed by atoms with Crippen LogP contribution >= 0.6 is 22.9 Å². The number of nitrogens with zero attached hydrogens (tertiary/aromatic N) is 1. The Morgan fingerprint density at radius 3 is 2.62 bits per heavy atom. The highest BCUT2D eigenvalue weighted by molar-refractivity contribution is 7.22. The van der Waals surface area contributed by atoms with Gasteiger partial charge in [-0.05, 0) is 30.3 Å². The molecule has 2 heterocycles. The van der Waals surface area contributed by atoms with E-state index in [1.165, 1.54) is 14.2 Å². The zero-order valence-electron chi connectivity index (χ0n) is 16.0. The van der Waals surface area contributed by atoms with Gasteiger partial charge >= 0.3 is 0 Å². The van der Waals surface area contributed by atoms with Gasteiger partial charge in [0.05, 0.1) is 36.5 Å². The first-order valence-electron chi connectivity index (χ1n) is 9.14. The van der Waals surface area contributed by atoms with Crippen molar-refractivity contribution in [2.75, 3.05) is 32.6 Å². The van der Waals surface area contributed by atoms with E-state index >= 15 is 0 Å². The maximum absolute atomic E-state index is 13.0. The molecule has 4 rings (SSSR count). The van der Waals surface area contributed by atoms with Crippen LogP contribution in [0.25, 0.3) is 10.2 Å². The predicted octanol–water partition coefficient (Wildman–Crippen LogP) is 3.15. The van der Waals surface area contributed by atoms with Crippen LogP contribution in [-0.2, 0) is 0 Å². The van der Waals surface area contributed by atoms with E-state index in [-0.39, 0.29) is 18.0 Å². The van der Waals surface area contributed by atoms with Gasteiger partial charge in [0.15, 0.2) is 5.13 Å². The van der Waals surface area contributed by atoms with E-state index < -0.39 is 0 Å². The minimum atomic E-state index is -0.240. The largest absolute Gasteiger partial charge is 0.496 e. The van der Waals surface area contributed by atoms with Crippen LogP contribution in [0.5, 0.6) is 11.5 Å². The summed E-state index contributed by atoms with van der Waals surface area (Å²) in [6.07, 6.45) is 0. The number of hydrogen-bond acceptors (Lipinski definition) is 7. The fourth-order valence-electron chi connectivity index (χ4n) is 3.42. The van der Waals surface area contributed by atoms with Crippen LogP contribution in [0.4, 0.5) is 5.13 Å². The van der Waals surface area contributed by atoms with Crippen LogP contribution in [-0.4, -0.2) is 50.3 Å². The molecule has 1 aromatic heterocycles. The molecule has 1 aliphatic heterocycles. The van der Waals surface area contributed by atoms with Crippen LogP contribution < -0.4 is 25.4 Å². The molecule has 0 radical (unpaired) electrons. The Bertz CT molecular complexity index is 1020. The molecular weight excluding hydrogens is 412 g/mol. The predicted molar refractivity (Wildman–Crippen MR) is 116 cm³/mol. The Morgan fingerprint density at radius 1 is 1.17 bits per heavy atom. The van der Waals surface area contributed by atoms with E-state index in [4.69, 9.17) is 21.1 Å². The third-order valence-corrected chi connectivity index (χ3v) is 6.03. The lowest BCUT2D eigenvalue weighted by Crippen LogP contribution is -2.46. The number of ether oxygens (including phenoxy) is 2. The molecule has 1 aliphatic rings. The van der Waals surface area contributed by atoms with Crippen molar-refractivity contribution in [1.82, 2.24) is 15.6 Å². The quantitative estimate of drug-likeness (QED) is 0.555. The number of fused-ring (bicyclic) bond motifs is 1. The summed E-state index contributed by atoms with van der Waals surface area (Å²) in [5.74, 6) is 0.705. The highest BCUT2D eigenvalue weighted by Crippen LogP contribution is 2.30. The fraction of sp³-hybridized carbons (Fsp3) is 0.300. The number of halogens is 1. The number of benzene rings is 2. The summed E-state index contributed by atoms with van der Waals surface area (Å²) in [6.45, 7) is 1.36. The lowest BCUT2D eigenvalue weighted by atomic mass is 10.1. The van der Waals surface area contributed by atoms with Crippen molar-refractivity contribution in [3.63, 3.8) is 0 Å². The third kappa shape index (κ3) is 4.10. The number of amides is 1. The summed E-state index contributed by atoms with van der Waals surface area (Å²) in [5, 5.41) is 11.3. The van der Waals surface area contributed by atoms with Crippen LogP contribution in [0.2, 0.25) is 5.02 Å². The lowest BCUT2D eigenvalue weighted by Gasteiger charge is -2.22. The summed E-state index contributed by atoms with van der Waals surface area (Å²) >= 11 is 7.61. The monoisotopic (exact) mass is 432 g/mol. The fourth-order valence-corrected chi connectivity index (χ4v) is 4.62. The molecule has 7 nitrogen and oxygen atoms in total. The molecule has 3 N–H and O–H groups in total. The molecule has 0 aliphatic carbocycles. The number of hydrogen-bond donors (Lipinski definition) is 3. The van der Waals surface area contributed by atoms with Gasteiger partial charge in [-0.2, -0.15) is 0 Å². The molecule has 2 aromatic carbocycles. The number of carbonyl (C=O) groups is 1. The Hall–Kier alpha value is -2.55. The molecular formula is C20H21ClN4O3S. The molecule has 3 aromatic rings. The van der Waals surface area contributed by atoms with Crippen LogP contribution in [0, 0.1) is 0 Å². The van der Waals surface area contributed by atoms with Crippen molar-refractivity contribution in [2.24, 2.45) is 0 Å². The van der Waals surface area contributed by atoms with Gasteiger partial charge in [-0.15, -0.1) is 0 Å². The molecule has 1 saturated heterocycles. The van der Waals surface area contributed by atoms with Crippen molar-refractivity contribution in [2.45, 2.75) is 12.1 Å². The summed E-state index contributed by atoms with van der Waals surface area (Å²) < 4.78 is 11.7. The normalized spacial score (nSPS) is 18.6. The minimum absolute atomic E-state index is 0.00399. The highest BCUT2D eigenvalue weighted by atomic mass is 35.5. The van der Waals surface area contributed by atoms with Gasteiger partial charge in [0.2, 0.25) is 0 Å². The first kappa shape index (κ1) is 19.8. The first-order valence-corrected chi connectivity index (χ1v) is 10.3. The van der Waals surface area contributed by atoms with E-state index in [1.807, 2.05) is 18.2 Å². The molecule has 2 atom stereocenters. The lowest BCUT2D eigenvalue weighted by molar-refractivity contribution is 0.0932. The summed E-state index contributed by atoms with van der Waals surface area (Å²) in [6, 6.07) is 10.8. The summed E-state index contributed by atoms with van der Waals surface area (Å²) in [5.41, 5.74) is 1.28. The van der Waals surface area contributed by atoms with Crippen molar-refractivity contribution in [1.29, 1.82) is 0 Å². The first-order chi connectivity index (χ1) is 14.1. The smallest absolute Gasteiger partial charge is 0.259 e. The number of rotatable bonds is 6. The molecule has 9 heteroatoms. The van der Waals surface area contributed by atoms with Crippen LogP contribution in [0.15, 0.2) is 36.4 Å². The average molecular weight is 433 g/mol. The van der Waals surface area contributed by atoms with Gasteiger partial charge in [0, 0.05) is 18.1 Å². The Labute approximate surface area is 177 Å². The van der Waals surface area contributed by atoms with Gasteiger partial charge in [-0.1, -0.05) is 29.0 Å².